The second-order valence-electron chi connectivity index (χ2n) is 6.24. The molecule has 144 valence electrons. The highest BCUT2D eigenvalue weighted by atomic mass is 35.5. The highest BCUT2D eigenvalue weighted by molar-refractivity contribution is 8.01. The quantitative estimate of drug-likeness (QED) is 0.335. The van der Waals surface area contributed by atoms with Crippen molar-refractivity contribution in [1.29, 1.82) is 0 Å². The molecule has 0 radical (unpaired) electrons. The molecule has 0 atom stereocenters. The molecule has 1 amide bonds. The Kier molecular flexibility index (Phi) is 6.30. The third-order valence-electron chi connectivity index (χ3n) is 4.13. The highest BCUT2D eigenvalue weighted by Gasteiger charge is 2.16. The minimum atomic E-state index is -0.0880. The van der Waals surface area contributed by atoms with E-state index < -0.39 is 0 Å². The molecule has 0 aliphatic heterocycles. The number of amides is 1. The van der Waals surface area contributed by atoms with Crippen molar-refractivity contribution in [2.45, 2.75) is 4.34 Å². The standard InChI is InChI=1S/C23H17ClN2OS2/c24-18-12-7-13-19(14-18)25-20(27)15-28-23-26-21(16-8-3-1-4-9-16)22(29-23)17-10-5-2-6-11-17/h1-14H,15H2,(H,25,27). The van der Waals surface area contributed by atoms with Crippen molar-refractivity contribution in [3.63, 3.8) is 0 Å². The maximum atomic E-state index is 12.3. The monoisotopic (exact) mass is 436 g/mol. The van der Waals surface area contributed by atoms with Crippen LogP contribution in [-0.4, -0.2) is 16.6 Å². The number of hydrogen-bond donors (Lipinski definition) is 1. The van der Waals surface area contributed by atoms with Gasteiger partial charge in [-0.1, -0.05) is 90.1 Å². The fourth-order valence-corrected chi connectivity index (χ4v) is 4.99. The van der Waals surface area contributed by atoms with E-state index >= 15 is 0 Å². The summed E-state index contributed by atoms with van der Waals surface area (Å²) in [6, 6.07) is 27.5. The molecule has 3 nitrogen and oxygen atoms in total. The Morgan fingerprint density at radius 3 is 2.31 bits per heavy atom. The lowest BCUT2D eigenvalue weighted by atomic mass is 10.1. The molecule has 0 aliphatic carbocycles. The maximum absolute atomic E-state index is 12.3. The van der Waals surface area contributed by atoms with E-state index in [0.29, 0.717) is 10.7 Å². The average Bonchev–Trinajstić information content (AvgIpc) is 3.18. The first kappa shape index (κ1) is 19.7. The number of nitrogens with zero attached hydrogens (tertiary/aromatic N) is 1. The van der Waals surface area contributed by atoms with Gasteiger partial charge in [0.25, 0.3) is 0 Å². The molecule has 0 spiro atoms. The van der Waals surface area contributed by atoms with Crippen LogP contribution in [-0.2, 0) is 4.79 Å². The van der Waals surface area contributed by atoms with Gasteiger partial charge >= 0.3 is 0 Å². The van der Waals surface area contributed by atoms with Gasteiger partial charge in [0.05, 0.1) is 16.3 Å². The van der Waals surface area contributed by atoms with E-state index in [1.54, 1.807) is 23.5 Å². The number of nitrogens with one attached hydrogen (secondary N) is 1. The van der Waals surface area contributed by atoms with Crippen molar-refractivity contribution in [3.05, 3.63) is 90.0 Å². The maximum Gasteiger partial charge on any atom is 0.234 e. The molecule has 1 heterocycles. The van der Waals surface area contributed by atoms with Crippen LogP contribution in [0.25, 0.3) is 21.7 Å². The summed E-state index contributed by atoms with van der Waals surface area (Å²) in [5.74, 6) is 0.192. The van der Waals surface area contributed by atoms with Crippen LogP contribution in [0.5, 0.6) is 0 Å². The number of benzene rings is 3. The van der Waals surface area contributed by atoms with Gasteiger partial charge in [0.15, 0.2) is 4.34 Å². The highest BCUT2D eigenvalue weighted by Crippen LogP contribution is 2.40. The van der Waals surface area contributed by atoms with Gasteiger partial charge in [-0.3, -0.25) is 4.79 Å². The average molecular weight is 437 g/mol. The van der Waals surface area contributed by atoms with Gasteiger partial charge in [-0.15, -0.1) is 11.3 Å². The van der Waals surface area contributed by atoms with E-state index in [2.05, 4.69) is 29.6 Å². The van der Waals surface area contributed by atoms with E-state index in [0.717, 1.165) is 26.0 Å². The van der Waals surface area contributed by atoms with Gasteiger partial charge in [0, 0.05) is 16.3 Å². The molecule has 6 heteroatoms. The molecule has 4 rings (SSSR count). The third kappa shape index (κ3) is 5.07. The molecule has 0 saturated heterocycles. The predicted octanol–water partition coefficient (Wildman–Crippen LogP) is 6.86. The summed E-state index contributed by atoms with van der Waals surface area (Å²) in [7, 11) is 0. The van der Waals surface area contributed by atoms with E-state index in [1.807, 2.05) is 48.5 Å². The second-order valence-corrected chi connectivity index (χ2v) is 8.89. The molecule has 1 aromatic heterocycles. The Bertz CT molecular complexity index is 1060. The lowest BCUT2D eigenvalue weighted by molar-refractivity contribution is -0.113. The summed E-state index contributed by atoms with van der Waals surface area (Å²) in [4.78, 5) is 18.3. The topological polar surface area (TPSA) is 42.0 Å². The van der Waals surface area contributed by atoms with Crippen LogP contribution < -0.4 is 5.32 Å². The number of aromatic nitrogens is 1. The lowest BCUT2D eigenvalue weighted by Crippen LogP contribution is -2.13. The number of carbonyl (C=O) groups is 1. The van der Waals surface area contributed by atoms with Crippen LogP contribution in [0.4, 0.5) is 5.69 Å². The summed E-state index contributed by atoms with van der Waals surface area (Å²) in [5.41, 5.74) is 3.83. The van der Waals surface area contributed by atoms with Crippen LogP contribution in [0.15, 0.2) is 89.3 Å². The summed E-state index contributed by atoms with van der Waals surface area (Å²) in [6.07, 6.45) is 0. The number of carbonyl (C=O) groups excluding carboxylic acids is 1. The zero-order valence-electron chi connectivity index (χ0n) is 15.3. The van der Waals surface area contributed by atoms with E-state index in [-0.39, 0.29) is 11.7 Å². The van der Waals surface area contributed by atoms with Crippen molar-refractivity contribution in [1.82, 2.24) is 4.98 Å². The minimum Gasteiger partial charge on any atom is -0.325 e. The van der Waals surface area contributed by atoms with E-state index in [9.17, 15) is 4.79 Å². The van der Waals surface area contributed by atoms with Crippen molar-refractivity contribution in [3.8, 4) is 21.7 Å². The summed E-state index contributed by atoms with van der Waals surface area (Å²) < 4.78 is 0.865. The SMILES string of the molecule is O=C(CSc1nc(-c2ccccc2)c(-c2ccccc2)s1)Nc1cccc(Cl)c1. The van der Waals surface area contributed by atoms with Crippen LogP contribution in [0.3, 0.4) is 0 Å². The fraction of sp³-hybridized carbons (Fsp3) is 0.0435. The molecule has 1 N–H and O–H groups in total. The largest absolute Gasteiger partial charge is 0.325 e. The Morgan fingerprint density at radius 2 is 1.62 bits per heavy atom. The Balaban J connectivity index is 1.53. The van der Waals surface area contributed by atoms with Crippen molar-refractivity contribution in [2.75, 3.05) is 11.1 Å². The molecule has 3 aromatic carbocycles. The first-order chi connectivity index (χ1) is 14.2. The summed E-state index contributed by atoms with van der Waals surface area (Å²) in [5, 5.41) is 3.46. The molecular weight excluding hydrogens is 420 g/mol. The van der Waals surface area contributed by atoms with Crippen LogP contribution in [0, 0.1) is 0 Å². The Morgan fingerprint density at radius 1 is 0.931 bits per heavy atom. The zero-order chi connectivity index (χ0) is 20.1. The van der Waals surface area contributed by atoms with E-state index in [4.69, 9.17) is 16.6 Å². The van der Waals surface area contributed by atoms with Crippen molar-refractivity contribution < 1.29 is 4.79 Å². The van der Waals surface area contributed by atoms with Crippen LogP contribution in [0.2, 0.25) is 5.02 Å². The number of thiazole rings is 1. The molecule has 0 fully saturated rings. The number of rotatable bonds is 6. The number of thioether (sulfide) groups is 1. The van der Waals surface area contributed by atoms with Gasteiger partial charge in [-0.2, -0.15) is 0 Å². The van der Waals surface area contributed by atoms with Gasteiger partial charge in [0.2, 0.25) is 5.91 Å². The summed E-state index contributed by atoms with van der Waals surface area (Å²) in [6.45, 7) is 0. The number of anilines is 1. The molecular formula is C23H17ClN2OS2. The van der Waals surface area contributed by atoms with Crippen LogP contribution >= 0.6 is 34.7 Å². The lowest BCUT2D eigenvalue weighted by Gasteiger charge is -2.04. The van der Waals surface area contributed by atoms with Gasteiger partial charge in [-0.05, 0) is 23.8 Å². The molecule has 0 bridgehead atoms. The Hall–Kier alpha value is -2.60. The smallest absolute Gasteiger partial charge is 0.234 e. The summed E-state index contributed by atoms with van der Waals surface area (Å²) >= 11 is 9.02. The van der Waals surface area contributed by atoms with Crippen molar-refractivity contribution in [2.24, 2.45) is 0 Å². The third-order valence-corrected chi connectivity index (χ3v) is 6.61. The van der Waals surface area contributed by atoms with Crippen molar-refractivity contribution >= 4 is 46.3 Å². The number of hydrogen-bond acceptors (Lipinski definition) is 4. The van der Waals surface area contributed by atoms with Gasteiger partial charge in [0.1, 0.15) is 0 Å². The van der Waals surface area contributed by atoms with Gasteiger partial charge < -0.3 is 5.32 Å². The molecule has 0 saturated carbocycles. The number of halogens is 1. The first-order valence-corrected chi connectivity index (χ1v) is 11.2. The minimum absolute atomic E-state index is 0.0880. The Labute approximate surface area is 182 Å². The molecule has 4 aromatic rings. The predicted molar refractivity (Wildman–Crippen MR) is 124 cm³/mol. The van der Waals surface area contributed by atoms with Crippen LogP contribution in [0.1, 0.15) is 0 Å². The zero-order valence-corrected chi connectivity index (χ0v) is 17.7. The first-order valence-electron chi connectivity index (χ1n) is 8.99. The second kappa shape index (κ2) is 9.27. The normalized spacial score (nSPS) is 10.7. The van der Waals surface area contributed by atoms with Gasteiger partial charge in [-0.25, -0.2) is 4.98 Å². The van der Waals surface area contributed by atoms with E-state index in [1.165, 1.54) is 11.8 Å². The molecule has 0 aliphatic rings. The molecule has 29 heavy (non-hydrogen) atoms. The fourth-order valence-electron chi connectivity index (χ4n) is 2.83. The molecule has 0 unspecified atom stereocenters.